The van der Waals surface area contributed by atoms with Crippen LogP contribution >= 0.6 is 16.3 Å². The zero-order valence-corrected chi connectivity index (χ0v) is 6.41. The quantitative estimate of drug-likeness (QED) is 0.637. The number of hydrogen-bond acceptors (Lipinski definition) is 4. The van der Waals surface area contributed by atoms with Crippen LogP contribution in [-0.4, -0.2) is 21.5 Å². The van der Waals surface area contributed by atoms with Crippen LogP contribution in [0.15, 0.2) is 12.4 Å². The molecular weight excluding hydrogens is 204 g/mol. The van der Waals surface area contributed by atoms with Crippen LogP contribution in [0, 0.1) is 0 Å². The van der Waals surface area contributed by atoms with Crippen LogP contribution in [-0.2, 0) is 3.83 Å². The Labute approximate surface area is 65.2 Å². The van der Waals surface area contributed by atoms with E-state index in [0.29, 0.717) is 0 Å². The summed E-state index contributed by atoms with van der Waals surface area (Å²) >= 11 is 2.34. The van der Waals surface area contributed by atoms with E-state index in [2.05, 4.69) is 41.2 Å². The number of amides is 1. The number of nitrogens with two attached hydrogens (primary N) is 1. The molecule has 0 atom stereocenters. The highest BCUT2D eigenvalue weighted by Gasteiger charge is 1.79. The van der Waals surface area contributed by atoms with Gasteiger partial charge in [0.15, 0.2) is 16.3 Å². The third kappa shape index (κ3) is 6.89. The molecule has 0 aromatic carbocycles. The summed E-state index contributed by atoms with van der Waals surface area (Å²) in [4.78, 5) is 9.32. The van der Waals surface area contributed by atoms with Crippen molar-refractivity contribution in [3.8, 4) is 0 Å². The van der Waals surface area contributed by atoms with Crippen molar-refractivity contribution in [1.82, 2.24) is 15.4 Å². The number of H-pyrrole nitrogens is 1. The summed E-state index contributed by atoms with van der Waals surface area (Å²) in [5.41, 5.74) is 4.38. The molecule has 0 radical (unpaired) electrons. The molecule has 0 unspecified atom stereocenters. The van der Waals surface area contributed by atoms with E-state index in [0.717, 1.165) is 0 Å². The Morgan fingerprint density at radius 2 is 2.00 bits per heavy atom. The van der Waals surface area contributed by atoms with Gasteiger partial charge in [-0.1, -0.05) is 0 Å². The number of aromatic amines is 1. The van der Waals surface area contributed by atoms with Gasteiger partial charge in [-0.25, -0.2) is 4.79 Å². The van der Waals surface area contributed by atoms with Gasteiger partial charge in [0.25, 0.3) is 0 Å². The number of primary amides is 1. The summed E-state index contributed by atoms with van der Waals surface area (Å²) in [6.45, 7) is 0. The molecule has 10 heavy (non-hydrogen) atoms. The van der Waals surface area contributed by atoms with Crippen molar-refractivity contribution in [3.05, 3.63) is 12.4 Å². The van der Waals surface area contributed by atoms with Crippen LogP contribution in [0.2, 0.25) is 0 Å². The molecule has 0 saturated heterocycles. The summed E-state index contributed by atoms with van der Waals surface area (Å²) < 4.78 is 3.70. The molecule has 7 heteroatoms. The van der Waals surface area contributed by atoms with Crippen molar-refractivity contribution >= 4 is 22.4 Å². The number of carbonyl (C=O) groups is 1. The Bertz CT molecular complexity index is 148. The molecule has 1 heterocycles. The zero-order chi connectivity index (χ0) is 7.82. The van der Waals surface area contributed by atoms with Crippen molar-refractivity contribution in [2.45, 2.75) is 0 Å². The molecular formula is C3H5BrN4O2. The van der Waals surface area contributed by atoms with Gasteiger partial charge in [0.2, 0.25) is 0 Å². The van der Waals surface area contributed by atoms with Crippen LogP contribution in [0.4, 0.5) is 4.79 Å². The van der Waals surface area contributed by atoms with E-state index in [9.17, 15) is 4.79 Å². The van der Waals surface area contributed by atoms with Gasteiger partial charge in [-0.15, -0.1) is 0 Å². The monoisotopic (exact) mass is 208 g/mol. The average Bonchev–Trinajstić information content (AvgIpc) is 2.43. The van der Waals surface area contributed by atoms with Gasteiger partial charge in [-0.2, -0.15) is 15.4 Å². The van der Waals surface area contributed by atoms with E-state index in [1.165, 1.54) is 0 Å². The maximum absolute atomic E-state index is 9.32. The van der Waals surface area contributed by atoms with Crippen molar-refractivity contribution < 1.29 is 8.62 Å². The molecule has 0 bridgehead atoms. The number of aromatic nitrogens is 3. The smallest absolute Gasteiger partial charge is 0.367 e. The predicted molar refractivity (Wildman–Crippen MR) is 36.0 cm³/mol. The summed E-state index contributed by atoms with van der Waals surface area (Å²) in [6.07, 6.45) is 2.34. The standard InChI is InChI=1S/C2H3N3.CH2BrNO2/c1-2-4-5-3-1;2-5-1(3)4/h1-2H,(H,3,4,5);(H2,3,4). The number of carbonyl (C=O) groups excluding carboxylic acids is 1. The lowest BCUT2D eigenvalue weighted by Gasteiger charge is -1.76. The second kappa shape index (κ2) is 6.02. The van der Waals surface area contributed by atoms with Gasteiger partial charge in [-0.3, -0.25) is 0 Å². The first kappa shape index (κ1) is 8.89. The Hall–Kier alpha value is -1.11. The Balaban J connectivity index is 0.000000162. The van der Waals surface area contributed by atoms with E-state index >= 15 is 0 Å². The van der Waals surface area contributed by atoms with Crippen molar-refractivity contribution in [2.24, 2.45) is 5.73 Å². The van der Waals surface area contributed by atoms with Crippen molar-refractivity contribution in [1.29, 1.82) is 0 Å². The third-order valence-electron chi connectivity index (χ3n) is 0.407. The molecule has 0 saturated carbocycles. The van der Waals surface area contributed by atoms with E-state index in [4.69, 9.17) is 0 Å². The number of nitrogens with one attached hydrogen (secondary N) is 1. The zero-order valence-electron chi connectivity index (χ0n) is 4.82. The molecule has 6 nitrogen and oxygen atoms in total. The largest absolute Gasteiger partial charge is 0.416 e. The Kier molecular flexibility index (Phi) is 5.35. The van der Waals surface area contributed by atoms with Crippen LogP contribution in [0.5, 0.6) is 0 Å². The van der Waals surface area contributed by atoms with Crippen LogP contribution in [0.1, 0.15) is 0 Å². The minimum absolute atomic E-state index is 0.829. The summed E-state index contributed by atoms with van der Waals surface area (Å²) in [5, 5.41) is 9.33. The first-order valence-corrected chi connectivity index (χ1v) is 2.80. The molecule has 1 aromatic rings. The van der Waals surface area contributed by atoms with Crippen molar-refractivity contribution in [2.75, 3.05) is 0 Å². The number of rotatable bonds is 0. The molecule has 0 aliphatic heterocycles. The highest BCUT2D eigenvalue weighted by Crippen LogP contribution is 1.78. The Morgan fingerprint density at radius 3 is 2.10 bits per heavy atom. The second-order valence-electron chi connectivity index (χ2n) is 1.05. The van der Waals surface area contributed by atoms with Gasteiger partial charge in [0.1, 0.15) is 0 Å². The molecule has 0 spiro atoms. The maximum atomic E-state index is 9.32. The third-order valence-corrected chi connectivity index (χ3v) is 0.726. The van der Waals surface area contributed by atoms with Crippen LogP contribution in [0.25, 0.3) is 0 Å². The van der Waals surface area contributed by atoms with Crippen LogP contribution < -0.4 is 5.73 Å². The Morgan fingerprint density at radius 1 is 1.60 bits per heavy atom. The van der Waals surface area contributed by atoms with Gasteiger partial charge >= 0.3 is 6.09 Å². The summed E-state index contributed by atoms with van der Waals surface area (Å²) in [6, 6.07) is 0. The minimum atomic E-state index is -0.829. The highest BCUT2D eigenvalue weighted by molar-refractivity contribution is 9.06. The molecule has 0 aliphatic carbocycles. The summed E-state index contributed by atoms with van der Waals surface area (Å²) in [7, 11) is 0. The number of halogens is 1. The topological polar surface area (TPSA) is 93.9 Å². The summed E-state index contributed by atoms with van der Waals surface area (Å²) in [5.74, 6) is 0. The van der Waals surface area contributed by atoms with Gasteiger partial charge in [0, 0.05) is 0 Å². The lowest BCUT2D eigenvalue weighted by atomic mass is 11.0. The maximum Gasteiger partial charge on any atom is 0.416 e. The number of nitrogens with zero attached hydrogens (tertiary/aromatic N) is 2. The normalized spacial score (nSPS) is 7.30. The first-order valence-electron chi connectivity index (χ1n) is 2.15. The molecule has 56 valence electrons. The number of hydrogen-bond donors (Lipinski definition) is 2. The van der Waals surface area contributed by atoms with Crippen molar-refractivity contribution in [3.63, 3.8) is 0 Å². The fourth-order valence-corrected chi connectivity index (χ4v) is 0.167. The molecule has 1 aromatic heterocycles. The van der Waals surface area contributed by atoms with Gasteiger partial charge in [0.05, 0.1) is 12.4 Å². The van der Waals surface area contributed by atoms with Crippen LogP contribution in [0.3, 0.4) is 0 Å². The molecule has 0 aliphatic rings. The SMILES string of the molecule is NC(=O)OBr.c1cn[nH]n1. The van der Waals surface area contributed by atoms with Gasteiger partial charge < -0.3 is 9.56 Å². The fraction of sp³-hybridized carbons (Fsp3) is 0. The minimum Gasteiger partial charge on any atom is -0.367 e. The van der Waals surface area contributed by atoms with E-state index in [1.54, 1.807) is 12.4 Å². The molecule has 0 fully saturated rings. The fourth-order valence-electron chi connectivity index (χ4n) is 0.167. The lowest BCUT2D eigenvalue weighted by molar-refractivity contribution is 0.221. The van der Waals surface area contributed by atoms with E-state index in [1.807, 2.05) is 0 Å². The predicted octanol–water partition coefficient (Wildman–Crippen LogP) is 0.196. The average molecular weight is 209 g/mol. The first-order chi connectivity index (χ1) is 4.77. The van der Waals surface area contributed by atoms with E-state index in [-0.39, 0.29) is 0 Å². The molecule has 1 amide bonds. The van der Waals surface area contributed by atoms with Gasteiger partial charge in [-0.05, 0) is 0 Å². The molecule has 1 rings (SSSR count). The highest BCUT2D eigenvalue weighted by atomic mass is 79.9. The molecule has 3 N–H and O–H groups in total. The lowest BCUT2D eigenvalue weighted by Crippen LogP contribution is -2.05. The van der Waals surface area contributed by atoms with E-state index < -0.39 is 6.09 Å². The second-order valence-corrected chi connectivity index (χ2v) is 1.38.